The van der Waals surface area contributed by atoms with Gasteiger partial charge in [0.15, 0.2) is 5.96 Å². The molecule has 5 heteroatoms. The van der Waals surface area contributed by atoms with E-state index in [2.05, 4.69) is 36.2 Å². The molecule has 0 aromatic carbocycles. The molecular formula is C14H27N3OS. The normalized spacial score (nSPS) is 23.2. The molecule has 1 saturated carbocycles. The molecule has 0 atom stereocenters. The molecule has 1 aliphatic heterocycles. The Morgan fingerprint density at radius 3 is 2.63 bits per heavy atom. The zero-order valence-corrected chi connectivity index (χ0v) is 13.0. The summed E-state index contributed by atoms with van der Waals surface area (Å²) in [4.78, 5) is 4.83. The van der Waals surface area contributed by atoms with Gasteiger partial charge in [0.25, 0.3) is 0 Å². The lowest BCUT2D eigenvalue weighted by Crippen LogP contribution is -2.41. The highest BCUT2D eigenvalue weighted by atomic mass is 32.2. The topological polar surface area (TPSA) is 45.7 Å². The largest absolute Gasteiger partial charge is 0.381 e. The Balaban J connectivity index is 1.93. The van der Waals surface area contributed by atoms with Crippen molar-refractivity contribution in [1.29, 1.82) is 0 Å². The van der Waals surface area contributed by atoms with E-state index >= 15 is 0 Å². The van der Waals surface area contributed by atoms with Crippen molar-refractivity contribution in [2.24, 2.45) is 4.99 Å². The third kappa shape index (κ3) is 4.88. The predicted molar refractivity (Wildman–Crippen MR) is 83.1 cm³/mol. The summed E-state index contributed by atoms with van der Waals surface area (Å²) in [5, 5.41) is 6.84. The van der Waals surface area contributed by atoms with Gasteiger partial charge < -0.3 is 15.4 Å². The summed E-state index contributed by atoms with van der Waals surface area (Å²) >= 11 is 2.05. The lowest BCUT2D eigenvalue weighted by atomic mass is 9.99. The van der Waals surface area contributed by atoms with Gasteiger partial charge in [0, 0.05) is 30.5 Å². The lowest BCUT2D eigenvalue weighted by Gasteiger charge is -2.35. The molecule has 2 rings (SSSR count). The van der Waals surface area contributed by atoms with Gasteiger partial charge in [-0.15, -0.1) is 0 Å². The van der Waals surface area contributed by atoms with Crippen LogP contribution in [0.1, 0.15) is 39.5 Å². The number of hydrogen-bond donors (Lipinski definition) is 2. The first-order chi connectivity index (χ1) is 9.28. The van der Waals surface area contributed by atoms with Crippen molar-refractivity contribution in [1.82, 2.24) is 10.6 Å². The maximum Gasteiger partial charge on any atom is 0.191 e. The fraction of sp³-hybridized carbons (Fsp3) is 0.929. The molecule has 110 valence electrons. The standard InChI is InChI=1S/C14H27N3OS/c1-3-15-13(17-12-5-6-12)16-11-14(19-4-2)7-9-18-10-8-14/h12H,3-11H2,1-2H3,(H2,15,16,17). The number of hydrogen-bond acceptors (Lipinski definition) is 3. The van der Waals surface area contributed by atoms with Crippen LogP contribution in [0.3, 0.4) is 0 Å². The number of aliphatic imine (C=N–C) groups is 1. The third-order valence-corrected chi connectivity index (χ3v) is 5.08. The van der Waals surface area contributed by atoms with Crippen LogP contribution in [0.25, 0.3) is 0 Å². The molecule has 4 nitrogen and oxygen atoms in total. The Morgan fingerprint density at radius 1 is 1.32 bits per heavy atom. The molecule has 2 aliphatic rings. The van der Waals surface area contributed by atoms with Gasteiger partial charge in [0.1, 0.15) is 0 Å². The van der Waals surface area contributed by atoms with Crippen molar-refractivity contribution in [2.75, 3.05) is 32.1 Å². The highest BCUT2D eigenvalue weighted by molar-refractivity contribution is 8.00. The SMILES string of the molecule is CCNC(=NCC1(SCC)CCOCC1)NC1CC1. The molecule has 0 aromatic rings. The summed E-state index contributed by atoms with van der Waals surface area (Å²) in [7, 11) is 0. The van der Waals surface area contributed by atoms with E-state index in [4.69, 9.17) is 9.73 Å². The smallest absolute Gasteiger partial charge is 0.191 e. The van der Waals surface area contributed by atoms with E-state index < -0.39 is 0 Å². The predicted octanol–water partition coefficient (Wildman–Crippen LogP) is 2.01. The van der Waals surface area contributed by atoms with Crippen LogP contribution in [0.5, 0.6) is 0 Å². The van der Waals surface area contributed by atoms with Crippen LogP contribution in [0.15, 0.2) is 4.99 Å². The summed E-state index contributed by atoms with van der Waals surface area (Å²) in [6.45, 7) is 7.95. The molecule has 0 spiro atoms. The van der Waals surface area contributed by atoms with Crippen LogP contribution in [0, 0.1) is 0 Å². The van der Waals surface area contributed by atoms with Crippen LogP contribution in [-0.4, -0.2) is 48.8 Å². The summed E-state index contributed by atoms with van der Waals surface area (Å²) < 4.78 is 5.80. The number of ether oxygens (including phenoxy) is 1. The fourth-order valence-corrected chi connectivity index (χ4v) is 3.59. The molecular weight excluding hydrogens is 258 g/mol. The number of guanidine groups is 1. The van der Waals surface area contributed by atoms with Gasteiger partial charge in [-0.1, -0.05) is 6.92 Å². The van der Waals surface area contributed by atoms with Gasteiger partial charge in [-0.25, -0.2) is 0 Å². The van der Waals surface area contributed by atoms with E-state index in [0.717, 1.165) is 50.9 Å². The van der Waals surface area contributed by atoms with Crippen LogP contribution in [-0.2, 0) is 4.74 Å². The average molecular weight is 285 g/mol. The minimum atomic E-state index is 0.291. The van der Waals surface area contributed by atoms with Gasteiger partial charge in [0.2, 0.25) is 0 Å². The third-order valence-electron chi connectivity index (χ3n) is 3.64. The average Bonchev–Trinajstić information content (AvgIpc) is 3.22. The van der Waals surface area contributed by atoms with Gasteiger partial charge in [-0.3, -0.25) is 4.99 Å². The maximum absolute atomic E-state index is 5.51. The van der Waals surface area contributed by atoms with Gasteiger partial charge in [-0.2, -0.15) is 11.8 Å². The molecule has 1 aliphatic carbocycles. The van der Waals surface area contributed by atoms with Crippen LogP contribution in [0.4, 0.5) is 0 Å². The second-order valence-corrected chi connectivity index (χ2v) is 7.07. The highest BCUT2D eigenvalue weighted by Gasteiger charge is 2.32. The molecule has 0 unspecified atom stereocenters. The molecule has 1 heterocycles. The number of thioether (sulfide) groups is 1. The highest BCUT2D eigenvalue weighted by Crippen LogP contribution is 2.35. The second-order valence-electron chi connectivity index (χ2n) is 5.34. The quantitative estimate of drug-likeness (QED) is 0.579. The Labute approximate surface area is 121 Å². The van der Waals surface area contributed by atoms with E-state index in [1.807, 2.05) is 0 Å². The molecule has 0 aromatic heterocycles. The van der Waals surface area contributed by atoms with E-state index in [0.29, 0.717) is 10.8 Å². The Hall–Kier alpha value is -0.420. The Bertz CT molecular complexity index is 294. The van der Waals surface area contributed by atoms with Crippen molar-refractivity contribution in [3.8, 4) is 0 Å². The van der Waals surface area contributed by atoms with E-state index in [1.54, 1.807) is 0 Å². The second kappa shape index (κ2) is 7.39. The van der Waals surface area contributed by atoms with Crippen molar-refractivity contribution in [2.45, 2.75) is 50.3 Å². The molecule has 19 heavy (non-hydrogen) atoms. The molecule has 0 radical (unpaired) electrons. The van der Waals surface area contributed by atoms with Crippen LogP contribution < -0.4 is 10.6 Å². The minimum absolute atomic E-state index is 0.291. The monoisotopic (exact) mass is 285 g/mol. The van der Waals surface area contributed by atoms with Crippen molar-refractivity contribution < 1.29 is 4.74 Å². The van der Waals surface area contributed by atoms with Gasteiger partial charge in [0.05, 0.1) is 6.54 Å². The fourth-order valence-electron chi connectivity index (χ4n) is 2.36. The summed E-state index contributed by atoms with van der Waals surface area (Å²) in [6, 6.07) is 0.655. The van der Waals surface area contributed by atoms with Crippen LogP contribution in [0.2, 0.25) is 0 Å². The maximum atomic E-state index is 5.51. The van der Waals surface area contributed by atoms with Crippen molar-refractivity contribution >= 4 is 17.7 Å². The first-order valence-electron chi connectivity index (χ1n) is 7.54. The molecule has 0 amide bonds. The van der Waals surface area contributed by atoms with Crippen molar-refractivity contribution in [3.05, 3.63) is 0 Å². The first-order valence-corrected chi connectivity index (χ1v) is 8.53. The Morgan fingerprint density at radius 2 is 2.05 bits per heavy atom. The summed E-state index contributed by atoms with van der Waals surface area (Å²) in [5.41, 5.74) is 0. The van der Waals surface area contributed by atoms with E-state index in [1.165, 1.54) is 12.8 Å². The van der Waals surface area contributed by atoms with Gasteiger partial charge in [-0.05, 0) is 38.4 Å². The lowest BCUT2D eigenvalue weighted by molar-refractivity contribution is 0.0793. The number of nitrogens with one attached hydrogen (secondary N) is 2. The zero-order valence-electron chi connectivity index (χ0n) is 12.2. The van der Waals surface area contributed by atoms with Gasteiger partial charge >= 0.3 is 0 Å². The van der Waals surface area contributed by atoms with E-state index in [9.17, 15) is 0 Å². The molecule has 2 N–H and O–H groups in total. The number of rotatable bonds is 6. The van der Waals surface area contributed by atoms with Crippen LogP contribution >= 0.6 is 11.8 Å². The minimum Gasteiger partial charge on any atom is -0.381 e. The van der Waals surface area contributed by atoms with E-state index in [-0.39, 0.29) is 0 Å². The first kappa shape index (κ1) is 15.0. The summed E-state index contributed by atoms with van der Waals surface area (Å²) in [6.07, 6.45) is 4.82. The molecule has 0 bridgehead atoms. The van der Waals surface area contributed by atoms with Crippen molar-refractivity contribution in [3.63, 3.8) is 0 Å². The molecule has 1 saturated heterocycles. The zero-order chi connectivity index (χ0) is 13.6. The molecule has 2 fully saturated rings. The summed E-state index contributed by atoms with van der Waals surface area (Å²) in [5.74, 6) is 2.15. The number of nitrogens with zero attached hydrogens (tertiary/aromatic N) is 1. The Kier molecular flexibility index (Phi) is 5.82.